The van der Waals surface area contributed by atoms with Crippen molar-refractivity contribution in [1.29, 1.82) is 0 Å². The van der Waals surface area contributed by atoms with Gasteiger partial charge in [-0.2, -0.15) is 0 Å². The largest absolute Gasteiger partial charge is 0.341 e. The highest BCUT2D eigenvalue weighted by Crippen LogP contribution is 2.20. The van der Waals surface area contributed by atoms with Crippen molar-refractivity contribution in [2.24, 2.45) is 5.73 Å². The lowest BCUT2D eigenvalue weighted by Gasteiger charge is -2.20. The summed E-state index contributed by atoms with van der Waals surface area (Å²) in [6.45, 7) is 3.28. The number of nitrogens with zero attached hydrogens (tertiary/aromatic N) is 1. The summed E-state index contributed by atoms with van der Waals surface area (Å²) < 4.78 is 13.5. The first kappa shape index (κ1) is 13.9. The summed E-state index contributed by atoms with van der Waals surface area (Å²) in [7, 11) is 0. The Morgan fingerprint density at radius 2 is 2.24 bits per heavy atom. The predicted molar refractivity (Wildman–Crippen MR) is 66.4 cm³/mol. The molecule has 2 N–H and O–H groups in total. The van der Waals surface area contributed by atoms with E-state index in [1.807, 2.05) is 6.92 Å². The lowest BCUT2D eigenvalue weighted by atomic mass is 10.1. The van der Waals surface area contributed by atoms with Gasteiger partial charge < -0.3 is 10.6 Å². The molecule has 17 heavy (non-hydrogen) atoms. The second-order valence-electron chi connectivity index (χ2n) is 3.64. The van der Waals surface area contributed by atoms with E-state index in [0.29, 0.717) is 19.6 Å². The molecule has 0 saturated heterocycles. The van der Waals surface area contributed by atoms with Crippen LogP contribution in [0.5, 0.6) is 0 Å². The van der Waals surface area contributed by atoms with Crippen LogP contribution in [-0.2, 0) is 11.2 Å². The van der Waals surface area contributed by atoms with E-state index in [1.54, 1.807) is 11.0 Å². The number of carbonyl (C=O) groups is 1. The van der Waals surface area contributed by atoms with E-state index in [1.165, 1.54) is 12.1 Å². The molecular weight excluding hydrogens is 243 g/mol. The first-order valence-corrected chi connectivity index (χ1v) is 5.88. The second-order valence-corrected chi connectivity index (χ2v) is 4.05. The van der Waals surface area contributed by atoms with Gasteiger partial charge in [-0.15, -0.1) is 0 Å². The zero-order valence-corrected chi connectivity index (χ0v) is 10.5. The third-order valence-electron chi connectivity index (χ3n) is 2.52. The molecular formula is C12H16ClFN2O. The number of hydrogen-bond acceptors (Lipinski definition) is 2. The van der Waals surface area contributed by atoms with Crippen LogP contribution in [-0.4, -0.2) is 30.4 Å². The van der Waals surface area contributed by atoms with Crippen LogP contribution < -0.4 is 5.73 Å². The molecule has 0 aromatic heterocycles. The minimum atomic E-state index is -0.449. The second kappa shape index (κ2) is 6.57. The maximum atomic E-state index is 13.5. The van der Waals surface area contributed by atoms with Crippen molar-refractivity contribution in [2.45, 2.75) is 13.3 Å². The van der Waals surface area contributed by atoms with Gasteiger partial charge >= 0.3 is 0 Å². The van der Waals surface area contributed by atoms with E-state index in [-0.39, 0.29) is 22.9 Å². The van der Waals surface area contributed by atoms with Gasteiger partial charge in [-0.25, -0.2) is 4.39 Å². The zero-order valence-electron chi connectivity index (χ0n) is 9.75. The number of hydrogen-bond donors (Lipinski definition) is 1. The van der Waals surface area contributed by atoms with Crippen LogP contribution in [0.15, 0.2) is 18.2 Å². The number of halogens is 2. The monoisotopic (exact) mass is 258 g/mol. The quantitative estimate of drug-likeness (QED) is 0.876. The molecule has 0 atom stereocenters. The standard InChI is InChI=1S/C12H16ClFN2O/c1-2-16(7-6-15)12(17)8-9-10(13)4-3-5-11(9)14/h3-5H,2,6-8,15H2,1H3. The van der Waals surface area contributed by atoms with Crippen LogP contribution >= 0.6 is 11.6 Å². The smallest absolute Gasteiger partial charge is 0.227 e. The third kappa shape index (κ3) is 3.68. The number of carbonyl (C=O) groups excluding carboxylic acids is 1. The van der Waals surface area contributed by atoms with Crippen molar-refractivity contribution in [3.63, 3.8) is 0 Å². The summed E-state index contributed by atoms with van der Waals surface area (Å²) in [5.41, 5.74) is 5.65. The molecule has 0 aliphatic carbocycles. The highest BCUT2D eigenvalue weighted by Gasteiger charge is 2.16. The van der Waals surface area contributed by atoms with Crippen molar-refractivity contribution in [2.75, 3.05) is 19.6 Å². The first-order valence-electron chi connectivity index (χ1n) is 5.50. The Morgan fingerprint density at radius 3 is 2.76 bits per heavy atom. The van der Waals surface area contributed by atoms with Crippen LogP contribution in [0.25, 0.3) is 0 Å². The molecule has 0 fully saturated rings. The molecule has 0 bridgehead atoms. The lowest BCUT2D eigenvalue weighted by Crippen LogP contribution is -2.36. The molecule has 1 amide bonds. The topological polar surface area (TPSA) is 46.3 Å². The zero-order chi connectivity index (χ0) is 12.8. The summed E-state index contributed by atoms with van der Waals surface area (Å²) in [5.74, 6) is -0.611. The molecule has 0 aliphatic heterocycles. The highest BCUT2D eigenvalue weighted by molar-refractivity contribution is 6.31. The predicted octanol–water partition coefficient (Wildman–Crippen LogP) is 1.83. The van der Waals surface area contributed by atoms with Crippen molar-refractivity contribution in [1.82, 2.24) is 4.90 Å². The van der Waals surface area contributed by atoms with Gasteiger partial charge in [0.1, 0.15) is 5.82 Å². The molecule has 0 saturated carbocycles. The van der Waals surface area contributed by atoms with Gasteiger partial charge in [-0.05, 0) is 19.1 Å². The van der Waals surface area contributed by atoms with E-state index in [9.17, 15) is 9.18 Å². The molecule has 3 nitrogen and oxygen atoms in total. The fourth-order valence-corrected chi connectivity index (χ4v) is 1.81. The summed E-state index contributed by atoms with van der Waals surface area (Å²) in [6, 6.07) is 4.39. The van der Waals surface area contributed by atoms with Gasteiger partial charge in [0.05, 0.1) is 6.42 Å². The molecule has 1 aromatic carbocycles. The Hall–Kier alpha value is -1.13. The van der Waals surface area contributed by atoms with Crippen LogP contribution in [0.4, 0.5) is 4.39 Å². The van der Waals surface area contributed by atoms with Crippen LogP contribution in [0, 0.1) is 5.82 Å². The SMILES string of the molecule is CCN(CCN)C(=O)Cc1c(F)cccc1Cl. The Kier molecular flexibility index (Phi) is 5.38. The van der Waals surface area contributed by atoms with E-state index >= 15 is 0 Å². The third-order valence-corrected chi connectivity index (χ3v) is 2.88. The molecule has 0 radical (unpaired) electrons. The minimum Gasteiger partial charge on any atom is -0.341 e. The molecule has 94 valence electrons. The van der Waals surface area contributed by atoms with Crippen molar-refractivity contribution in [3.8, 4) is 0 Å². The Balaban J connectivity index is 2.80. The minimum absolute atomic E-state index is 0.0284. The number of benzene rings is 1. The van der Waals surface area contributed by atoms with Gasteiger partial charge in [0.15, 0.2) is 0 Å². The number of rotatable bonds is 5. The van der Waals surface area contributed by atoms with Gasteiger partial charge in [-0.1, -0.05) is 17.7 Å². The Bertz CT molecular complexity index is 378. The lowest BCUT2D eigenvalue weighted by molar-refractivity contribution is -0.130. The number of likely N-dealkylation sites (N-methyl/N-ethyl adjacent to an activating group) is 1. The molecule has 0 spiro atoms. The fourth-order valence-electron chi connectivity index (χ4n) is 1.58. The van der Waals surface area contributed by atoms with Crippen LogP contribution in [0.1, 0.15) is 12.5 Å². The molecule has 0 heterocycles. The fraction of sp³-hybridized carbons (Fsp3) is 0.417. The molecule has 0 unspecified atom stereocenters. The van der Waals surface area contributed by atoms with E-state index in [4.69, 9.17) is 17.3 Å². The first-order chi connectivity index (χ1) is 8.10. The van der Waals surface area contributed by atoms with Crippen LogP contribution in [0.3, 0.4) is 0 Å². The van der Waals surface area contributed by atoms with Crippen LogP contribution in [0.2, 0.25) is 5.02 Å². The summed E-state index contributed by atoms with van der Waals surface area (Å²) >= 11 is 5.86. The Labute approximate surface area is 105 Å². The van der Waals surface area contributed by atoms with Crippen molar-refractivity contribution >= 4 is 17.5 Å². The van der Waals surface area contributed by atoms with Crippen molar-refractivity contribution < 1.29 is 9.18 Å². The molecule has 0 aliphatic rings. The van der Waals surface area contributed by atoms with Gasteiger partial charge in [0.2, 0.25) is 5.91 Å². The average molecular weight is 259 g/mol. The molecule has 5 heteroatoms. The van der Waals surface area contributed by atoms with Gasteiger partial charge in [-0.3, -0.25) is 4.79 Å². The maximum Gasteiger partial charge on any atom is 0.227 e. The van der Waals surface area contributed by atoms with E-state index in [2.05, 4.69) is 0 Å². The van der Waals surface area contributed by atoms with E-state index < -0.39 is 5.82 Å². The summed E-state index contributed by atoms with van der Waals surface area (Å²) in [6.07, 6.45) is -0.0284. The number of amides is 1. The maximum absolute atomic E-state index is 13.5. The highest BCUT2D eigenvalue weighted by atomic mass is 35.5. The molecule has 1 aromatic rings. The van der Waals surface area contributed by atoms with Gasteiger partial charge in [0.25, 0.3) is 0 Å². The molecule has 1 rings (SSSR count). The normalized spacial score (nSPS) is 10.4. The summed E-state index contributed by atoms with van der Waals surface area (Å²) in [4.78, 5) is 13.5. The van der Waals surface area contributed by atoms with Crippen molar-refractivity contribution in [3.05, 3.63) is 34.6 Å². The Morgan fingerprint density at radius 1 is 1.53 bits per heavy atom. The van der Waals surface area contributed by atoms with Gasteiger partial charge in [0, 0.05) is 30.2 Å². The summed E-state index contributed by atoms with van der Waals surface area (Å²) in [5, 5.41) is 0.280. The average Bonchev–Trinajstić information content (AvgIpc) is 2.30. The van der Waals surface area contributed by atoms with E-state index in [0.717, 1.165) is 0 Å². The number of nitrogens with two attached hydrogens (primary N) is 1.